The van der Waals surface area contributed by atoms with Crippen LogP contribution in [0.15, 0.2) is 38.6 Å². The highest BCUT2D eigenvalue weighted by molar-refractivity contribution is 8.52. The highest BCUT2D eigenvalue weighted by Crippen LogP contribution is 2.56. The molecule has 0 saturated carbocycles. The molecule has 18 nitrogen and oxygen atoms in total. The molecule has 8 atom stereocenters. The van der Waals surface area contributed by atoms with Gasteiger partial charge in [-0.1, -0.05) is 11.4 Å². The molecule has 2 aliphatic rings. The van der Waals surface area contributed by atoms with Crippen molar-refractivity contribution in [1.29, 1.82) is 0 Å². The molecule has 0 spiro atoms. The summed E-state index contributed by atoms with van der Waals surface area (Å²) in [7, 11) is -0.416. The number of fused-ring (bicyclic) bond motifs is 1. The van der Waals surface area contributed by atoms with Gasteiger partial charge in [-0.25, -0.2) is 19.7 Å². The summed E-state index contributed by atoms with van der Waals surface area (Å²) in [6.45, 7) is 1.10. The van der Waals surface area contributed by atoms with Crippen molar-refractivity contribution in [2.24, 2.45) is 5.73 Å². The summed E-state index contributed by atoms with van der Waals surface area (Å²) in [6.07, 6.45) is 0.0564. The van der Waals surface area contributed by atoms with E-state index in [0.717, 1.165) is 6.08 Å². The Hall–Kier alpha value is -3.13. The molecule has 1 amide bonds. The normalized spacial score (nSPS) is 27.9. The van der Waals surface area contributed by atoms with Crippen molar-refractivity contribution in [3.05, 3.63) is 47.1 Å². The second kappa shape index (κ2) is 14.3. The Morgan fingerprint density at radius 3 is 2.80 bits per heavy atom. The number of rotatable bonds is 14. The summed E-state index contributed by atoms with van der Waals surface area (Å²) in [5.41, 5.74) is 11.9. The van der Waals surface area contributed by atoms with Gasteiger partial charge >= 0.3 is 5.82 Å². The molecule has 20 heteroatoms. The molecule has 3 aromatic rings. The Labute approximate surface area is 254 Å². The summed E-state index contributed by atoms with van der Waals surface area (Å²) in [6, 6.07) is 0. The van der Waals surface area contributed by atoms with Gasteiger partial charge in [0.05, 0.1) is 31.4 Å². The van der Waals surface area contributed by atoms with Crippen LogP contribution in [0.4, 0.5) is 5.82 Å². The van der Waals surface area contributed by atoms with Gasteiger partial charge in [0.1, 0.15) is 48.2 Å². The van der Waals surface area contributed by atoms with Gasteiger partial charge in [-0.2, -0.15) is 0 Å². The number of carbonyl (C=O) groups excluding carboxylic acids is 1. The molecule has 0 aliphatic carbocycles. The van der Waals surface area contributed by atoms with Gasteiger partial charge < -0.3 is 59.1 Å². The summed E-state index contributed by atoms with van der Waals surface area (Å²) < 4.78 is 41.8. The molecular weight excluding hydrogens is 625 g/mol. The number of nitrogen functional groups attached to an aromatic ring is 1. The van der Waals surface area contributed by atoms with E-state index in [4.69, 9.17) is 43.6 Å². The third kappa shape index (κ3) is 7.22. The zero-order chi connectivity index (χ0) is 31.4. The minimum Gasteiger partial charge on any atom is -0.396 e. The number of aliphatic hydroxyl groups excluding tert-OH is 2. The van der Waals surface area contributed by atoms with Crippen LogP contribution in [0.2, 0.25) is 0 Å². The SMILES string of the molecule is COC1C(OP(OC[C@H]2O[C@@H](n3cnc4c(N)ncnc43)CC2O)SCc2oc(=O)oc2C)[C@@H](CO)O[C@H]1N/C=C\C(N)=O. The van der Waals surface area contributed by atoms with Crippen LogP contribution in [-0.4, -0.2) is 92.7 Å². The van der Waals surface area contributed by atoms with Gasteiger partial charge in [0.25, 0.3) is 0 Å². The first kappa shape index (κ1) is 32.3. The first-order valence-electron chi connectivity index (χ1n) is 13.3. The molecule has 2 aliphatic heterocycles. The lowest BCUT2D eigenvalue weighted by Gasteiger charge is -2.27. The van der Waals surface area contributed by atoms with Crippen molar-refractivity contribution in [3.63, 3.8) is 0 Å². The van der Waals surface area contributed by atoms with E-state index in [0.29, 0.717) is 22.7 Å². The number of primary amides is 1. The highest BCUT2D eigenvalue weighted by Gasteiger charge is 2.47. The lowest BCUT2D eigenvalue weighted by atomic mass is 10.1. The second-order valence-corrected chi connectivity index (χ2v) is 12.8. The summed E-state index contributed by atoms with van der Waals surface area (Å²) in [4.78, 5) is 35.1. The Balaban J connectivity index is 1.29. The number of aromatic nitrogens is 4. The molecule has 5 rings (SSSR count). The van der Waals surface area contributed by atoms with E-state index < -0.39 is 68.9 Å². The summed E-state index contributed by atoms with van der Waals surface area (Å²) in [5, 5.41) is 23.7. The maximum Gasteiger partial charge on any atom is 0.519 e. The second-order valence-electron chi connectivity index (χ2n) is 9.69. The Morgan fingerprint density at radius 2 is 2.09 bits per heavy atom. The number of carbonyl (C=O) groups is 1. The first-order valence-corrected chi connectivity index (χ1v) is 16.0. The highest BCUT2D eigenvalue weighted by atomic mass is 32.7. The fourth-order valence-corrected chi connectivity index (χ4v) is 7.64. The minimum atomic E-state index is -1.86. The van der Waals surface area contributed by atoms with Gasteiger partial charge in [0.2, 0.25) is 13.5 Å². The van der Waals surface area contributed by atoms with Crippen molar-refractivity contribution in [2.75, 3.05) is 26.1 Å². The number of aliphatic hydroxyl groups is 2. The quantitative estimate of drug-likeness (QED) is 0.111. The number of aryl methyl sites for hydroxylation is 1. The zero-order valence-corrected chi connectivity index (χ0v) is 25.3. The molecule has 0 aromatic carbocycles. The molecule has 3 aromatic heterocycles. The number of hydrogen-bond acceptors (Lipinski definition) is 17. The van der Waals surface area contributed by atoms with Gasteiger partial charge in [-0.15, -0.1) is 0 Å². The van der Waals surface area contributed by atoms with E-state index in [9.17, 15) is 19.8 Å². The Morgan fingerprint density at radius 1 is 1.27 bits per heavy atom. The maximum absolute atomic E-state index is 11.6. The molecule has 2 saturated heterocycles. The molecule has 240 valence electrons. The average Bonchev–Trinajstić information content (AvgIpc) is 3.74. The number of hydrogen-bond donors (Lipinski definition) is 5. The number of anilines is 1. The molecule has 5 heterocycles. The van der Waals surface area contributed by atoms with Gasteiger partial charge in [-0.05, 0) is 6.92 Å². The number of imidazole rings is 1. The van der Waals surface area contributed by atoms with E-state index in [1.807, 2.05) is 0 Å². The van der Waals surface area contributed by atoms with Crippen molar-refractivity contribution in [2.45, 2.75) is 62.1 Å². The zero-order valence-electron chi connectivity index (χ0n) is 23.5. The summed E-state index contributed by atoms with van der Waals surface area (Å²) >= 11 is 1.18. The maximum atomic E-state index is 11.6. The van der Waals surface area contributed by atoms with Crippen LogP contribution in [0.1, 0.15) is 24.2 Å². The summed E-state index contributed by atoms with van der Waals surface area (Å²) in [5.74, 6) is -0.513. The third-order valence-electron chi connectivity index (χ3n) is 6.86. The number of nitrogens with zero attached hydrogens (tertiary/aromatic N) is 4. The monoisotopic (exact) mass is 657 g/mol. The minimum absolute atomic E-state index is 0.0769. The van der Waals surface area contributed by atoms with E-state index in [2.05, 4.69) is 20.3 Å². The third-order valence-corrected chi connectivity index (χ3v) is 9.83. The van der Waals surface area contributed by atoms with E-state index in [1.54, 1.807) is 11.5 Å². The number of ether oxygens (including phenoxy) is 3. The number of amides is 1. The number of nitrogens with one attached hydrogen (secondary N) is 1. The predicted molar refractivity (Wildman–Crippen MR) is 153 cm³/mol. The smallest absolute Gasteiger partial charge is 0.396 e. The van der Waals surface area contributed by atoms with Gasteiger partial charge in [0, 0.05) is 25.8 Å². The lowest BCUT2D eigenvalue weighted by Crippen LogP contribution is -2.41. The van der Waals surface area contributed by atoms with Crippen LogP contribution < -0.4 is 22.6 Å². The van der Waals surface area contributed by atoms with E-state index in [1.165, 1.54) is 37.3 Å². The van der Waals surface area contributed by atoms with Crippen LogP contribution in [0.5, 0.6) is 0 Å². The van der Waals surface area contributed by atoms with Crippen LogP contribution >= 0.6 is 19.0 Å². The Bertz CT molecular complexity index is 1520. The standard InChI is InChI=1S/C24H32N7O11PS/c1-11-15(41-24(35)38-11)8-44-43(42-19-13(6-32)40-23(20(19)36-2)27-4-3-16(25)34)37-7-14-12(33)5-17(39-14)31-10-30-18-21(26)28-9-29-22(18)31/h3-4,9-10,12-14,17,19-20,23,27,32-33H,5-8H2,1-2H3,(H2,25,34)(H2,26,28,29)/b4-3-/t12?,13-,14-,17-,19?,20?,23-,43?/m1/s1. The van der Waals surface area contributed by atoms with Crippen LogP contribution in [0, 0.1) is 6.92 Å². The number of nitrogens with two attached hydrogens (primary N) is 2. The van der Waals surface area contributed by atoms with Gasteiger partial charge in [-0.3, -0.25) is 9.36 Å². The van der Waals surface area contributed by atoms with Gasteiger partial charge in [0.15, 0.2) is 23.5 Å². The molecule has 7 N–H and O–H groups in total. The topological polar surface area (TPSA) is 255 Å². The van der Waals surface area contributed by atoms with Crippen molar-refractivity contribution in [3.8, 4) is 0 Å². The molecular formula is C24H32N7O11PS. The van der Waals surface area contributed by atoms with E-state index in [-0.39, 0.29) is 24.6 Å². The largest absolute Gasteiger partial charge is 0.519 e. The molecule has 0 radical (unpaired) electrons. The fraction of sp³-hybridized carbons (Fsp3) is 0.542. The van der Waals surface area contributed by atoms with Crippen molar-refractivity contribution >= 4 is 41.8 Å². The first-order chi connectivity index (χ1) is 21.2. The van der Waals surface area contributed by atoms with Crippen LogP contribution in [0.3, 0.4) is 0 Å². The van der Waals surface area contributed by atoms with E-state index >= 15 is 0 Å². The fourth-order valence-electron chi connectivity index (χ4n) is 4.68. The van der Waals surface area contributed by atoms with Crippen LogP contribution in [0.25, 0.3) is 11.2 Å². The Kier molecular flexibility index (Phi) is 10.5. The van der Waals surface area contributed by atoms with Crippen molar-refractivity contribution < 1.29 is 47.1 Å². The van der Waals surface area contributed by atoms with Crippen LogP contribution in [-0.2, 0) is 33.8 Å². The molecule has 4 unspecified atom stereocenters. The number of methoxy groups -OCH3 is 1. The molecule has 44 heavy (non-hydrogen) atoms. The average molecular weight is 658 g/mol. The molecule has 2 fully saturated rings. The lowest BCUT2D eigenvalue weighted by molar-refractivity contribution is -0.113. The molecule has 0 bridgehead atoms. The van der Waals surface area contributed by atoms with Crippen molar-refractivity contribution in [1.82, 2.24) is 24.8 Å². The predicted octanol–water partition coefficient (Wildman–Crippen LogP) is -0.206.